The second-order valence-electron chi connectivity index (χ2n) is 30.4. The highest BCUT2D eigenvalue weighted by atomic mass is 16.7. The van der Waals surface area contributed by atoms with Crippen molar-refractivity contribution in [1.29, 1.82) is 0 Å². The Bertz CT molecular complexity index is 4610. The molecule has 17 atom stereocenters. The number of hydrazone groups is 1. The van der Waals surface area contributed by atoms with E-state index >= 15 is 4.79 Å². The predicted molar refractivity (Wildman–Crippen MR) is 384 cm³/mol. The van der Waals surface area contributed by atoms with Crippen LogP contribution in [0.5, 0.6) is 23.0 Å². The first kappa shape index (κ1) is 75.6. The predicted octanol–water partition coefficient (Wildman–Crippen LogP) is 3.52. The number of nitrogens with one attached hydrogen (secondary N) is 2. The molecule has 30 nitrogen and oxygen atoms in total. The zero-order chi connectivity index (χ0) is 77.2. The van der Waals surface area contributed by atoms with E-state index in [2.05, 4.69) is 25.3 Å². The first-order valence-electron chi connectivity index (χ1n) is 36.7. The number of esters is 4. The van der Waals surface area contributed by atoms with Crippen molar-refractivity contribution in [2.75, 3.05) is 72.7 Å². The number of phenols is 2. The summed E-state index contributed by atoms with van der Waals surface area (Å²) in [5.74, 6) is -9.36. The molecule has 1 saturated carbocycles. The Kier molecular flexibility index (Phi) is 19.6. The molecule has 2 amide bonds. The summed E-state index contributed by atoms with van der Waals surface area (Å²) in [6.07, 6.45) is -2.99. The van der Waals surface area contributed by atoms with Crippen LogP contribution in [0.4, 0.5) is 5.69 Å². The summed E-state index contributed by atoms with van der Waals surface area (Å²) in [6.45, 7) is 7.29. The Balaban J connectivity index is 0.771. The lowest BCUT2D eigenvalue weighted by molar-refractivity contribution is -0.263. The second-order valence-corrected chi connectivity index (χ2v) is 30.4. The van der Waals surface area contributed by atoms with E-state index in [1.54, 1.807) is 13.0 Å². The van der Waals surface area contributed by atoms with Crippen molar-refractivity contribution in [3.8, 4) is 23.0 Å². The summed E-state index contributed by atoms with van der Waals surface area (Å²) in [4.78, 5) is 125. The lowest BCUT2D eigenvalue weighted by Gasteiger charge is -2.72. The number of phenolic OH excluding ortho intramolecular Hbond substituents is 2. The number of aromatic nitrogens is 1. The molecule has 5 aromatic rings. The Morgan fingerprint density at radius 1 is 0.880 bits per heavy atom. The number of para-hydroxylation sites is 1. The Morgan fingerprint density at radius 2 is 1.62 bits per heavy atom. The zero-order valence-electron chi connectivity index (χ0n) is 61.4. The maximum Gasteiger partial charge on any atom is 0.344 e. The van der Waals surface area contributed by atoms with Crippen LogP contribution in [-0.4, -0.2) is 226 Å². The van der Waals surface area contributed by atoms with Gasteiger partial charge in [0, 0.05) is 122 Å². The molecule has 0 spiro atoms. The van der Waals surface area contributed by atoms with Crippen LogP contribution < -0.4 is 31.3 Å². The highest BCUT2D eigenvalue weighted by molar-refractivity contribution is 6.31. The maximum atomic E-state index is 16.0. The number of methoxy groups -OCH3 is 4. The number of nitrogens with two attached hydrogens (primary N) is 2. The fraction of sp³-hybridized carbons (Fsp3) is 0.526. The van der Waals surface area contributed by atoms with Crippen molar-refractivity contribution >= 4 is 70.1 Å². The van der Waals surface area contributed by atoms with Gasteiger partial charge in [0.05, 0.1) is 105 Å². The smallest absolute Gasteiger partial charge is 0.344 e. The maximum absolute atomic E-state index is 16.0. The molecule has 2 bridgehead atoms. The van der Waals surface area contributed by atoms with Gasteiger partial charge in [0.2, 0.25) is 23.7 Å². The minimum atomic E-state index is -2.71. The number of anilines is 1. The van der Waals surface area contributed by atoms with Gasteiger partial charge >= 0.3 is 23.9 Å². The number of aromatic hydroxyl groups is 2. The molecule has 3 aliphatic carbocycles. The number of amides is 2. The molecule has 1 aromatic heterocycles. The normalized spacial score (nSPS) is 33.1. The fourth-order valence-electron chi connectivity index (χ4n) is 20.2. The Morgan fingerprint density at radius 3 is 2.31 bits per heavy atom. The zero-order valence-corrected chi connectivity index (χ0v) is 61.4. The number of piperidine rings is 2. The minimum absolute atomic E-state index is 0.0261. The molecular formula is C78H92N8O22. The first-order chi connectivity index (χ1) is 51.6. The van der Waals surface area contributed by atoms with Crippen LogP contribution in [0.25, 0.3) is 10.9 Å². The average Bonchev–Trinajstić information content (AvgIpc) is 0.889. The number of aliphatic hydroxyl groups is 4. The van der Waals surface area contributed by atoms with Gasteiger partial charge in [-0.2, -0.15) is 5.10 Å². The van der Waals surface area contributed by atoms with Crippen molar-refractivity contribution in [3.05, 3.63) is 123 Å². The van der Waals surface area contributed by atoms with E-state index in [1.165, 1.54) is 51.4 Å². The molecule has 12 N–H and O–H groups in total. The van der Waals surface area contributed by atoms with Crippen LogP contribution in [0.15, 0.2) is 71.9 Å². The summed E-state index contributed by atoms with van der Waals surface area (Å²) < 4.78 is 48.4. The van der Waals surface area contributed by atoms with E-state index in [9.17, 15) is 64.2 Å². The quantitative estimate of drug-likeness (QED) is 0.0112. The topological polar surface area (TPSA) is 434 Å². The molecule has 14 rings (SSSR count). The number of hydrogen-bond acceptors (Lipinski definition) is 27. The van der Waals surface area contributed by atoms with Gasteiger partial charge in [0.15, 0.2) is 18.2 Å². The van der Waals surface area contributed by atoms with Gasteiger partial charge in [-0.3, -0.25) is 43.4 Å². The van der Waals surface area contributed by atoms with E-state index in [0.29, 0.717) is 62.3 Å². The van der Waals surface area contributed by atoms with Gasteiger partial charge in [0.25, 0.3) is 0 Å². The number of H-pyrrole nitrogens is 1. The third-order valence-corrected chi connectivity index (χ3v) is 25.0. The molecular weight excluding hydrogens is 1400 g/mol. The van der Waals surface area contributed by atoms with E-state index in [-0.39, 0.29) is 78.1 Å². The van der Waals surface area contributed by atoms with Gasteiger partial charge in [-0.15, -0.1) is 0 Å². The molecule has 108 heavy (non-hydrogen) atoms. The molecule has 4 fully saturated rings. The van der Waals surface area contributed by atoms with Crippen LogP contribution in [0.1, 0.15) is 163 Å². The van der Waals surface area contributed by atoms with Crippen LogP contribution in [-0.2, 0) is 75.4 Å². The van der Waals surface area contributed by atoms with Crippen LogP contribution in [0, 0.1) is 17.3 Å². The lowest BCUT2D eigenvalue weighted by atomic mass is 9.45. The lowest BCUT2D eigenvalue weighted by Crippen LogP contribution is -2.89. The van der Waals surface area contributed by atoms with E-state index in [1.807, 2.05) is 56.3 Å². The second kappa shape index (κ2) is 28.0. The number of carbonyl (C=O) groups excluding carboxylic acids is 8. The average molecular weight is 1490 g/mol. The van der Waals surface area contributed by atoms with Gasteiger partial charge < -0.3 is 89.9 Å². The molecule has 7 heterocycles. The number of rotatable bonds is 18. The molecule has 4 aromatic carbocycles. The van der Waals surface area contributed by atoms with Crippen molar-refractivity contribution < 1.29 is 107 Å². The standard InChI is InChI=1S/C78H92N8O22/c1-9-73(108-56(91)20-19-55(90)83-82-54(35-87)75(99)32-46-59(53(33-75)107-57-28-48(79)63(92)38(3)105-57)67(96)61-60(65(46)94)64(93)44-16-13-18-51(101-5)58(44)66(61)95)30-40-31-76(71(97)103-7,68-43(21-25-84(34-40)36-73)41-15-11-12-17-49(41)81-68)47-27-45-42-22-26-85-24-14-23-74(10-2)70(106-39(4)89)77(100,72(98)104-8)69(62(42)78(74,85)80)86(37-88)50(45)29-52(47)102-6/h11-18,23,27,29,37-38,40,42,48,53,57,62-63,69-70,81,87,92,94,96,99-100H,9-10,19-22,24-26,28,30-36,79-80H2,1-8H3,(H,83,90)/b82-54+/t38-,40+,42+,48-,53+,57+,62+,63+,69+,70+,73?,74+,75+,76?,77-,78-/m0/s1. The molecule has 3 saturated heterocycles. The van der Waals surface area contributed by atoms with Crippen molar-refractivity contribution in [2.24, 2.45) is 33.8 Å². The molecule has 2 unspecified atom stereocenters. The first-order valence-corrected chi connectivity index (χ1v) is 36.7. The number of aromatic amines is 1. The number of hydrogen-bond donors (Lipinski definition) is 10. The monoisotopic (exact) mass is 1490 g/mol. The molecule has 30 heteroatoms. The number of carbonyl (C=O) groups is 8. The van der Waals surface area contributed by atoms with Crippen LogP contribution in [0.3, 0.4) is 0 Å². The van der Waals surface area contributed by atoms with Gasteiger partial charge in [-0.05, 0) is 86.6 Å². The Hall–Kier alpha value is -9.21. The molecule has 0 radical (unpaired) electrons. The van der Waals surface area contributed by atoms with Gasteiger partial charge in [-0.25, -0.2) is 10.2 Å². The summed E-state index contributed by atoms with van der Waals surface area (Å²) in [7, 11) is 5.14. The number of ether oxygens (including phenoxy) is 8. The summed E-state index contributed by atoms with van der Waals surface area (Å²) >= 11 is 0. The summed E-state index contributed by atoms with van der Waals surface area (Å²) in [5, 5.41) is 77.3. The number of aliphatic hydroxyl groups excluding tert-OH is 2. The van der Waals surface area contributed by atoms with Gasteiger partial charge in [0.1, 0.15) is 39.6 Å². The minimum Gasteiger partial charge on any atom is -0.507 e. The van der Waals surface area contributed by atoms with Crippen molar-refractivity contribution in [1.82, 2.24) is 20.2 Å². The van der Waals surface area contributed by atoms with Crippen LogP contribution >= 0.6 is 0 Å². The largest absolute Gasteiger partial charge is 0.507 e. The third kappa shape index (κ3) is 11.3. The van der Waals surface area contributed by atoms with Crippen molar-refractivity contribution in [3.63, 3.8) is 0 Å². The summed E-state index contributed by atoms with van der Waals surface area (Å²) in [5.41, 5.74) is 6.56. The summed E-state index contributed by atoms with van der Waals surface area (Å²) in [6, 6.07) is 13.1. The molecule has 6 aliphatic heterocycles. The molecule has 576 valence electrons. The highest BCUT2D eigenvalue weighted by Gasteiger charge is 2.80. The van der Waals surface area contributed by atoms with Gasteiger partial charge in [-0.1, -0.05) is 56.3 Å². The van der Waals surface area contributed by atoms with Crippen molar-refractivity contribution in [2.45, 2.75) is 175 Å². The van der Waals surface area contributed by atoms with E-state index in [4.69, 9.17) is 49.4 Å². The SMILES string of the molecule is CCC1(OC(=O)CCC(=O)N/N=C(\CO)[C@@]2(O)Cc3c(O)c4c(c(O)c3[C@H](O[C@@H]3C[C@H](N)[C@H](O)[C@H](C)O3)C2)C(=O)c2c(OC)cccc2C4=O)C[C@H]2C[N@@](CCc3c([nH]c4ccccc34)C(C(=O)OC)(c3cc4c(cc3OC)N(C=O)[C@@H]3[C@H]5[C@@H]4CCN4CC=C[C@](CC)([C@@H](OC(C)=O)[C@]3(O)C(=O)OC)[C@]54N)C2)C1. The number of benzene rings is 4. The Labute approximate surface area is 621 Å². The van der Waals surface area contributed by atoms with Crippen LogP contribution in [0.2, 0.25) is 0 Å². The number of nitrogens with zero attached hydrogens (tertiary/aromatic N) is 4. The van der Waals surface area contributed by atoms with E-state index in [0.717, 1.165) is 23.6 Å². The number of fused-ring (bicyclic) bond motifs is 10. The fourth-order valence-corrected chi connectivity index (χ4v) is 20.2. The third-order valence-electron chi connectivity index (χ3n) is 25.0. The molecule has 9 aliphatic rings. The van der Waals surface area contributed by atoms with E-state index < -0.39 is 196 Å². The highest BCUT2D eigenvalue weighted by Crippen LogP contribution is 2.67. The number of ketones is 2.